The standard InChI is InChI=1S/C29H37N5O3/c1-6-36-23-11-8-12-24(15-23)37-18-25-22(5)31-28(27-19(2)9-7-10-20(27)3)32-29(25)34-14-13-33(17-26(30)35)21(4)16-34/h7-12,15,21H,6,13-14,16-18H2,1-5H3,(H2,30,35)/t21-/m1/s1. The van der Waals surface area contributed by atoms with Crippen molar-refractivity contribution in [1.29, 1.82) is 0 Å². The van der Waals surface area contributed by atoms with Crippen molar-refractivity contribution in [3.05, 3.63) is 64.8 Å². The van der Waals surface area contributed by atoms with Gasteiger partial charge < -0.3 is 20.1 Å². The molecule has 0 radical (unpaired) electrons. The molecule has 4 rings (SSSR count). The van der Waals surface area contributed by atoms with E-state index >= 15 is 0 Å². The SMILES string of the molecule is CCOc1cccc(OCc2c(C)nc(-c3c(C)cccc3C)nc2N2CCN(CC(N)=O)[C@H](C)C2)c1. The molecule has 1 saturated heterocycles. The van der Waals surface area contributed by atoms with Gasteiger partial charge in [0.25, 0.3) is 0 Å². The molecular weight excluding hydrogens is 466 g/mol. The minimum Gasteiger partial charge on any atom is -0.494 e. The summed E-state index contributed by atoms with van der Waals surface area (Å²) in [5, 5.41) is 0. The normalized spacial score (nSPS) is 16.0. The molecule has 3 aromatic rings. The van der Waals surface area contributed by atoms with Crippen LogP contribution in [0.3, 0.4) is 0 Å². The third kappa shape index (κ3) is 6.20. The molecule has 2 N–H and O–H groups in total. The zero-order valence-corrected chi connectivity index (χ0v) is 22.5. The second-order valence-electron chi connectivity index (χ2n) is 9.63. The molecule has 0 aliphatic carbocycles. The van der Waals surface area contributed by atoms with E-state index in [1.807, 2.05) is 38.1 Å². The number of primary amides is 1. The van der Waals surface area contributed by atoms with Crippen LogP contribution in [0.25, 0.3) is 11.4 Å². The van der Waals surface area contributed by atoms with Crippen LogP contribution >= 0.6 is 0 Å². The minimum absolute atomic E-state index is 0.150. The van der Waals surface area contributed by atoms with Crippen molar-refractivity contribution in [3.63, 3.8) is 0 Å². The summed E-state index contributed by atoms with van der Waals surface area (Å²) in [5.74, 6) is 2.79. The van der Waals surface area contributed by atoms with Gasteiger partial charge in [0.1, 0.15) is 23.9 Å². The van der Waals surface area contributed by atoms with E-state index in [9.17, 15) is 4.79 Å². The molecule has 1 aliphatic rings. The van der Waals surface area contributed by atoms with Gasteiger partial charge in [-0.15, -0.1) is 0 Å². The van der Waals surface area contributed by atoms with Crippen LogP contribution in [0.1, 0.15) is 36.2 Å². The molecule has 8 nitrogen and oxygen atoms in total. The predicted molar refractivity (Wildman–Crippen MR) is 146 cm³/mol. The quantitative estimate of drug-likeness (QED) is 0.471. The van der Waals surface area contributed by atoms with Gasteiger partial charge in [-0.3, -0.25) is 9.69 Å². The van der Waals surface area contributed by atoms with Gasteiger partial charge in [0.05, 0.1) is 24.4 Å². The maximum absolute atomic E-state index is 11.5. The first-order valence-corrected chi connectivity index (χ1v) is 12.8. The van der Waals surface area contributed by atoms with Gasteiger partial charge >= 0.3 is 0 Å². The maximum Gasteiger partial charge on any atom is 0.231 e. The highest BCUT2D eigenvalue weighted by molar-refractivity contribution is 5.76. The summed E-state index contributed by atoms with van der Waals surface area (Å²) >= 11 is 0. The second kappa shape index (κ2) is 11.6. The lowest BCUT2D eigenvalue weighted by Gasteiger charge is -2.40. The van der Waals surface area contributed by atoms with Crippen molar-refractivity contribution < 1.29 is 14.3 Å². The predicted octanol–water partition coefficient (Wildman–Crippen LogP) is 4.04. The lowest BCUT2D eigenvalue weighted by molar-refractivity contribution is -0.119. The number of amides is 1. The number of benzene rings is 2. The number of hydrogen-bond donors (Lipinski definition) is 1. The van der Waals surface area contributed by atoms with E-state index < -0.39 is 0 Å². The Morgan fingerprint density at radius 3 is 2.35 bits per heavy atom. The Labute approximate surface area is 219 Å². The summed E-state index contributed by atoms with van der Waals surface area (Å²) in [4.78, 5) is 26.0. The second-order valence-corrected chi connectivity index (χ2v) is 9.63. The Kier molecular flexibility index (Phi) is 8.28. The molecule has 196 valence electrons. The maximum atomic E-state index is 11.5. The molecule has 37 heavy (non-hydrogen) atoms. The van der Waals surface area contributed by atoms with Gasteiger partial charge in [-0.2, -0.15) is 0 Å². The first kappa shape index (κ1) is 26.4. The monoisotopic (exact) mass is 503 g/mol. The molecular formula is C29H37N5O3. The Morgan fingerprint density at radius 2 is 1.70 bits per heavy atom. The van der Waals surface area contributed by atoms with E-state index in [0.717, 1.165) is 70.7 Å². The molecule has 2 aromatic carbocycles. The number of anilines is 1. The summed E-state index contributed by atoms with van der Waals surface area (Å²) in [6.07, 6.45) is 0. The first-order chi connectivity index (χ1) is 17.8. The number of carbonyl (C=O) groups is 1. The number of piperazine rings is 1. The van der Waals surface area contributed by atoms with Crippen LogP contribution in [-0.2, 0) is 11.4 Å². The van der Waals surface area contributed by atoms with Crippen molar-refractivity contribution in [2.75, 3.05) is 37.7 Å². The number of aryl methyl sites for hydroxylation is 3. The van der Waals surface area contributed by atoms with Gasteiger partial charge in [-0.25, -0.2) is 9.97 Å². The van der Waals surface area contributed by atoms with E-state index in [-0.39, 0.29) is 18.5 Å². The molecule has 0 saturated carbocycles. The first-order valence-electron chi connectivity index (χ1n) is 12.8. The summed E-state index contributed by atoms with van der Waals surface area (Å²) in [5.41, 5.74) is 10.6. The number of hydrogen-bond acceptors (Lipinski definition) is 7. The fourth-order valence-corrected chi connectivity index (χ4v) is 4.89. The van der Waals surface area contributed by atoms with Crippen LogP contribution in [0.4, 0.5) is 5.82 Å². The number of carbonyl (C=O) groups excluding carboxylic acids is 1. The van der Waals surface area contributed by atoms with Gasteiger partial charge in [0, 0.05) is 37.3 Å². The van der Waals surface area contributed by atoms with Crippen molar-refractivity contribution >= 4 is 11.7 Å². The van der Waals surface area contributed by atoms with Gasteiger partial charge in [0.15, 0.2) is 5.82 Å². The third-order valence-corrected chi connectivity index (χ3v) is 6.82. The Hall–Kier alpha value is -3.65. The number of nitrogens with zero attached hydrogens (tertiary/aromatic N) is 4. The molecule has 1 amide bonds. The largest absolute Gasteiger partial charge is 0.494 e. The van der Waals surface area contributed by atoms with Crippen LogP contribution in [-0.4, -0.2) is 59.6 Å². The smallest absolute Gasteiger partial charge is 0.231 e. The molecule has 1 fully saturated rings. The van der Waals surface area contributed by atoms with Crippen LogP contribution in [0, 0.1) is 20.8 Å². The van der Waals surface area contributed by atoms with Crippen molar-refractivity contribution in [3.8, 4) is 22.9 Å². The van der Waals surface area contributed by atoms with E-state index in [4.69, 9.17) is 25.2 Å². The molecule has 0 bridgehead atoms. The Balaban J connectivity index is 1.70. The molecule has 0 spiro atoms. The Morgan fingerprint density at radius 1 is 1.03 bits per heavy atom. The van der Waals surface area contributed by atoms with E-state index in [0.29, 0.717) is 13.2 Å². The number of rotatable bonds is 9. The average Bonchev–Trinajstić information content (AvgIpc) is 2.84. The van der Waals surface area contributed by atoms with Crippen LogP contribution in [0.15, 0.2) is 42.5 Å². The van der Waals surface area contributed by atoms with Gasteiger partial charge in [-0.05, 0) is 57.9 Å². The Bertz CT molecular complexity index is 1240. The fraction of sp³-hybridized carbons (Fsp3) is 0.414. The lowest BCUT2D eigenvalue weighted by Crippen LogP contribution is -2.54. The van der Waals surface area contributed by atoms with Crippen molar-refractivity contribution in [2.24, 2.45) is 5.73 Å². The van der Waals surface area contributed by atoms with E-state index in [2.05, 4.69) is 48.8 Å². The summed E-state index contributed by atoms with van der Waals surface area (Å²) in [6.45, 7) is 13.6. The van der Waals surface area contributed by atoms with E-state index in [1.165, 1.54) is 0 Å². The topological polar surface area (TPSA) is 93.8 Å². The zero-order valence-electron chi connectivity index (χ0n) is 22.5. The minimum atomic E-state index is -0.307. The summed E-state index contributed by atoms with van der Waals surface area (Å²) < 4.78 is 11.9. The highest BCUT2D eigenvalue weighted by Crippen LogP contribution is 2.31. The molecule has 1 aromatic heterocycles. The number of nitrogens with two attached hydrogens (primary N) is 1. The molecule has 1 aliphatic heterocycles. The summed E-state index contributed by atoms with van der Waals surface area (Å²) in [7, 11) is 0. The highest BCUT2D eigenvalue weighted by Gasteiger charge is 2.28. The molecule has 0 unspecified atom stereocenters. The fourth-order valence-electron chi connectivity index (χ4n) is 4.89. The van der Waals surface area contributed by atoms with E-state index in [1.54, 1.807) is 0 Å². The van der Waals surface area contributed by atoms with Crippen molar-refractivity contribution in [1.82, 2.24) is 14.9 Å². The summed E-state index contributed by atoms with van der Waals surface area (Å²) in [6, 6.07) is 14.1. The van der Waals surface area contributed by atoms with Crippen LogP contribution < -0.4 is 20.1 Å². The van der Waals surface area contributed by atoms with Crippen LogP contribution in [0.2, 0.25) is 0 Å². The molecule has 8 heteroatoms. The number of ether oxygens (including phenoxy) is 2. The zero-order chi connectivity index (χ0) is 26.5. The third-order valence-electron chi connectivity index (χ3n) is 6.82. The average molecular weight is 504 g/mol. The number of aromatic nitrogens is 2. The van der Waals surface area contributed by atoms with Crippen molar-refractivity contribution in [2.45, 2.75) is 47.3 Å². The van der Waals surface area contributed by atoms with Gasteiger partial charge in [0.2, 0.25) is 5.91 Å². The van der Waals surface area contributed by atoms with Crippen LogP contribution in [0.5, 0.6) is 11.5 Å². The highest BCUT2D eigenvalue weighted by atomic mass is 16.5. The molecule has 2 heterocycles. The lowest BCUT2D eigenvalue weighted by atomic mass is 10.0. The van der Waals surface area contributed by atoms with Gasteiger partial charge in [-0.1, -0.05) is 24.3 Å². The molecule has 1 atom stereocenters.